The molecule has 2 N–H and O–H groups in total. The van der Waals surface area contributed by atoms with E-state index in [1.807, 2.05) is 0 Å². The van der Waals surface area contributed by atoms with Crippen molar-refractivity contribution >= 4 is 78.1 Å². The van der Waals surface area contributed by atoms with Crippen LogP contribution in [0.25, 0.3) is 10.8 Å². The molecule has 0 atom stereocenters. The first kappa shape index (κ1) is 45.9. The van der Waals surface area contributed by atoms with E-state index < -0.39 is 54.6 Å². The van der Waals surface area contributed by atoms with E-state index in [9.17, 15) is 41.8 Å². The maximum Gasteiger partial charge on any atom is 1.00 e. The number of methoxy groups -OCH3 is 1. The molecule has 0 saturated heterocycles. The molecule has 18 nitrogen and oxygen atoms in total. The van der Waals surface area contributed by atoms with E-state index in [4.69, 9.17) is 8.92 Å². The number of sulfone groups is 1. The first-order chi connectivity index (χ1) is 20.3. The van der Waals surface area contributed by atoms with Gasteiger partial charge in [-0.1, -0.05) is 0 Å². The Morgan fingerprint density at radius 3 is 2.24 bits per heavy atom. The van der Waals surface area contributed by atoms with Gasteiger partial charge in [-0.2, -0.15) is 4.33 Å². The molecule has 0 saturated carbocycles. The molecule has 0 spiro atoms. The molecule has 1 amide bonds. The topological polar surface area (TPSA) is 267 Å². The van der Waals surface area contributed by atoms with Gasteiger partial charge in [0, 0.05) is 12.3 Å². The number of rotatable bonds is 15. The summed E-state index contributed by atoms with van der Waals surface area (Å²) >= 11 is 0.365. The molecule has 0 radical (unpaired) electrons. The van der Waals surface area contributed by atoms with E-state index >= 15 is 0 Å². The number of anilines is 1. The van der Waals surface area contributed by atoms with Crippen LogP contribution in [0.4, 0.5) is 17.1 Å². The molecule has 0 bridgehead atoms. The molecule has 0 aliphatic carbocycles. The molecule has 0 unspecified atom stereocenters. The van der Waals surface area contributed by atoms with Crippen molar-refractivity contribution in [1.29, 1.82) is 0 Å². The number of fused-ring (bicyclic) bond motifs is 1. The van der Waals surface area contributed by atoms with Crippen LogP contribution in [0.5, 0.6) is 11.5 Å². The summed E-state index contributed by atoms with van der Waals surface area (Å²) in [4.78, 5) is 10.6. The van der Waals surface area contributed by atoms with Gasteiger partial charge in [-0.05, 0) is 41.8 Å². The fraction of sp³-hybridized carbons (Fsp3) is 0.190. The van der Waals surface area contributed by atoms with Gasteiger partial charge in [0.25, 0.3) is 0 Å². The zero-order chi connectivity index (χ0) is 31.8. The smallest absolute Gasteiger partial charge is 0.744 e. The predicted molar refractivity (Wildman–Crippen MR) is 141 cm³/mol. The number of nitrogens with zero attached hydrogens (tertiary/aromatic N) is 2. The van der Waals surface area contributed by atoms with Gasteiger partial charge >= 0.3 is 88.7 Å². The average Bonchev–Trinajstić information content (AvgIpc) is 2.94. The van der Waals surface area contributed by atoms with Gasteiger partial charge < -0.3 is 30.2 Å². The summed E-state index contributed by atoms with van der Waals surface area (Å²) in [5.41, 5.74) is -0.822. The molecule has 25 heteroatoms. The molecule has 3 aromatic carbocycles. The number of hydrogen-bond donors (Lipinski definition) is 2. The summed E-state index contributed by atoms with van der Waals surface area (Å²) in [7, 11) is -7.73. The van der Waals surface area contributed by atoms with Gasteiger partial charge in [-0.25, -0.2) is 16.8 Å². The number of phenols is 1. The Labute approximate surface area is 336 Å². The van der Waals surface area contributed by atoms with E-state index in [-0.39, 0.29) is 151 Å². The van der Waals surface area contributed by atoms with Gasteiger partial charge in [0.15, 0.2) is 27.9 Å². The van der Waals surface area contributed by atoms with Gasteiger partial charge in [-0.15, -0.1) is 14.6 Å². The van der Waals surface area contributed by atoms with E-state index in [1.54, 1.807) is 0 Å². The standard InChI is InChI=1S/C21H21N3O15S4.3Na/c1-11(25)22-16-10-14(43(31,32)33)7-12-8-18(40-38-36-27)20(21(26)19(12)16)24-23-15-9-13(3-4-17(15)34-2)42(29,30)6-5-35-41-39-37-28;;;/h3-4,7-10,26-28H,5-6H2,1-2H3,(H,22,25)(H,31,32,33);;;/q;3*+1/p-3. The van der Waals surface area contributed by atoms with E-state index in [1.165, 1.54) is 19.2 Å². The molecule has 46 heavy (non-hydrogen) atoms. The number of phenolic OH excluding ortho intramolecular Hbond substituents is 1. The summed E-state index contributed by atoms with van der Waals surface area (Å²) in [6.07, 6.45) is 0. The molecule has 0 heterocycles. The summed E-state index contributed by atoms with van der Waals surface area (Å²) in [6.45, 7) is 0.706. The van der Waals surface area contributed by atoms with Crippen molar-refractivity contribution in [1.82, 2.24) is 0 Å². The molecular formula is C21H18N3Na3O15S4. The Hall–Kier alpha value is -0.130. The second kappa shape index (κ2) is 21.2. The van der Waals surface area contributed by atoms with Crippen molar-refractivity contribution in [2.45, 2.75) is 21.6 Å². The Morgan fingerprint density at radius 2 is 1.65 bits per heavy atom. The number of carbonyl (C=O) groups excluding carboxylic acids is 1. The van der Waals surface area contributed by atoms with Crippen LogP contribution in [-0.2, 0) is 47.7 Å². The number of carbonyl (C=O) groups is 1. The number of amides is 1. The van der Waals surface area contributed by atoms with Crippen molar-refractivity contribution in [2.75, 3.05) is 24.8 Å². The third-order valence-electron chi connectivity index (χ3n) is 5.18. The Bertz CT molecular complexity index is 1750. The molecule has 0 fully saturated rings. The van der Waals surface area contributed by atoms with E-state index in [0.717, 1.165) is 31.2 Å². The number of ether oxygens (including phenoxy) is 1. The largest absolute Gasteiger partial charge is 1.00 e. The van der Waals surface area contributed by atoms with Crippen LogP contribution in [-0.4, -0.2) is 51.9 Å². The van der Waals surface area contributed by atoms with Crippen molar-refractivity contribution < 1.29 is 158 Å². The van der Waals surface area contributed by atoms with Crippen LogP contribution in [0.1, 0.15) is 6.92 Å². The van der Waals surface area contributed by atoms with Crippen LogP contribution >= 0.6 is 24.4 Å². The molecule has 3 aromatic rings. The van der Waals surface area contributed by atoms with Gasteiger partial charge in [-0.3, -0.25) is 19.1 Å². The summed E-state index contributed by atoms with van der Waals surface area (Å²) in [5, 5.41) is 47.8. The summed E-state index contributed by atoms with van der Waals surface area (Å²) in [5.74, 6) is -1.88. The molecule has 0 aliphatic rings. The number of hydrogen-bond acceptors (Lipinski definition) is 19. The third-order valence-corrected chi connectivity index (χ3v) is 8.66. The second-order valence-electron chi connectivity index (χ2n) is 7.87. The number of aromatic hydroxyl groups is 1. The quantitative estimate of drug-likeness (QED) is 0.0278. The second-order valence-corrected chi connectivity index (χ2v) is 12.6. The third kappa shape index (κ3) is 12.6. The fourth-order valence-electron chi connectivity index (χ4n) is 3.47. The van der Waals surface area contributed by atoms with E-state index in [2.05, 4.69) is 34.3 Å². The summed E-state index contributed by atoms with van der Waals surface area (Å²) < 4.78 is 78.7. The van der Waals surface area contributed by atoms with Crippen molar-refractivity contribution in [3.05, 3.63) is 36.4 Å². The SMILES string of the molecule is COc1ccc(S(=O)(=O)CCOSOO[O-])cc1N=Nc1c(SOO[O-])cc2cc(S(=O)(=O)[O-])cc(NC(C)=O)c2c1O.[Na+].[Na+].[Na+]. The fourth-order valence-corrected chi connectivity index (χ4v) is 5.92. The van der Waals surface area contributed by atoms with E-state index in [0.29, 0.717) is 0 Å². The minimum atomic E-state index is -5.02. The summed E-state index contributed by atoms with van der Waals surface area (Å²) in [6, 6.07) is 6.48. The Kier molecular flexibility index (Phi) is 21.1. The number of azo groups is 1. The Morgan fingerprint density at radius 1 is 0.978 bits per heavy atom. The minimum Gasteiger partial charge on any atom is -0.744 e. The van der Waals surface area contributed by atoms with Crippen LogP contribution in [0.3, 0.4) is 0 Å². The maximum absolute atomic E-state index is 12.7. The van der Waals surface area contributed by atoms with Crippen molar-refractivity contribution in [2.24, 2.45) is 10.2 Å². The zero-order valence-electron chi connectivity index (χ0n) is 24.6. The molecule has 0 aliphatic heterocycles. The van der Waals surface area contributed by atoms with Crippen LogP contribution < -0.4 is 109 Å². The van der Waals surface area contributed by atoms with Crippen LogP contribution in [0.2, 0.25) is 0 Å². The van der Waals surface area contributed by atoms with Gasteiger partial charge in [0.1, 0.15) is 27.2 Å². The Balaban J connectivity index is 0.00000675. The predicted octanol–water partition coefficient (Wildman–Crippen LogP) is -7.35. The van der Waals surface area contributed by atoms with Gasteiger partial charge in [0.2, 0.25) is 5.91 Å². The maximum atomic E-state index is 12.7. The van der Waals surface area contributed by atoms with Crippen LogP contribution in [0, 0.1) is 0 Å². The van der Waals surface area contributed by atoms with Gasteiger partial charge in [0.05, 0.1) is 51.9 Å². The van der Waals surface area contributed by atoms with Crippen LogP contribution in [0.15, 0.2) is 61.3 Å². The first-order valence-corrected chi connectivity index (χ1v) is 15.6. The monoisotopic (exact) mass is 749 g/mol. The number of nitrogens with one attached hydrogen (secondary N) is 1. The first-order valence-electron chi connectivity index (χ1n) is 11.1. The molecule has 0 aromatic heterocycles. The number of benzene rings is 3. The minimum absolute atomic E-state index is 0. The molecular weight excluding hydrogens is 731 g/mol. The molecule has 3 rings (SSSR count). The average molecular weight is 750 g/mol. The van der Waals surface area contributed by atoms with Crippen molar-refractivity contribution in [3.63, 3.8) is 0 Å². The molecule has 234 valence electrons. The normalized spacial score (nSPS) is 11.4. The van der Waals surface area contributed by atoms with Crippen molar-refractivity contribution in [3.8, 4) is 11.5 Å². The zero-order valence-corrected chi connectivity index (χ0v) is 33.8.